The van der Waals surface area contributed by atoms with Crippen molar-refractivity contribution >= 4 is 17.1 Å². The molecule has 20 heavy (non-hydrogen) atoms. The normalized spacial score (nSPS) is 12.8. The van der Waals surface area contributed by atoms with Gasteiger partial charge in [0.2, 0.25) is 5.95 Å². The largest absolute Gasteiger partial charge is 0.353 e. The van der Waals surface area contributed by atoms with Crippen LogP contribution in [0.5, 0.6) is 0 Å². The number of aromatic amines is 1. The van der Waals surface area contributed by atoms with Gasteiger partial charge < -0.3 is 16.0 Å². The van der Waals surface area contributed by atoms with Crippen LogP contribution in [-0.2, 0) is 14.1 Å². The lowest BCUT2D eigenvalue weighted by Gasteiger charge is -2.14. The van der Waals surface area contributed by atoms with E-state index in [0.29, 0.717) is 23.7 Å². The molecule has 0 saturated heterocycles. The van der Waals surface area contributed by atoms with Crippen molar-refractivity contribution in [3.8, 4) is 0 Å². The Hall–Kier alpha value is -2.09. The number of H-pyrrole nitrogens is 1. The van der Waals surface area contributed by atoms with Crippen molar-refractivity contribution in [3.63, 3.8) is 0 Å². The maximum absolute atomic E-state index is 12.0. The Balaban J connectivity index is 2.49. The molecule has 2 heterocycles. The first kappa shape index (κ1) is 14.3. The second-order valence-corrected chi connectivity index (χ2v) is 4.82. The Kier molecular flexibility index (Phi) is 3.93. The number of rotatable bonds is 5. The van der Waals surface area contributed by atoms with Gasteiger partial charge >= 0.3 is 5.69 Å². The molecule has 0 spiro atoms. The van der Waals surface area contributed by atoms with Crippen LogP contribution in [0.3, 0.4) is 0 Å². The molecule has 0 fully saturated rings. The van der Waals surface area contributed by atoms with Crippen LogP contribution in [0.15, 0.2) is 9.59 Å². The highest BCUT2D eigenvalue weighted by Gasteiger charge is 2.14. The molecule has 2 aromatic rings. The molecule has 0 aliphatic heterocycles. The van der Waals surface area contributed by atoms with Crippen LogP contribution >= 0.6 is 0 Å². The maximum atomic E-state index is 12.0. The number of nitrogens with two attached hydrogens (primary N) is 1. The number of hydrogen-bond donors (Lipinski definition) is 3. The summed E-state index contributed by atoms with van der Waals surface area (Å²) in [4.78, 5) is 31.1. The zero-order valence-electron chi connectivity index (χ0n) is 11.9. The quantitative estimate of drug-likeness (QED) is 0.684. The lowest BCUT2D eigenvalue weighted by atomic mass is 10.1. The van der Waals surface area contributed by atoms with E-state index in [9.17, 15) is 9.59 Å². The molecule has 1 unspecified atom stereocenters. The van der Waals surface area contributed by atoms with E-state index in [0.717, 1.165) is 17.4 Å². The van der Waals surface area contributed by atoms with E-state index in [1.54, 1.807) is 7.05 Å². The minimum absolute atomic E-state index is 0.182. The zero-order chi connectivity index (χ0) is 14.9. The molecule has 8 heteroatoms. The second-order valence-electron chi connectivity index (χ2n) is 4.82. The molecule has 0 aliphatic carbocycles. The summed E-state index contributed by atoms with van der Waals surface area (Å²) in [5.41, 5.74) is 5.45. The van der Waals surface area contributed by atoms with E-state index >= 15 is 0 Å². The van der Waals surface area contributed by atoms with E-state index in [1.807, 2.05) is 6.92 Å². The van der Waals surface area contributed by atoms with Crippen molar-refractivity contribution in [1.82, 2.24) is 19.1 Å². The molecule has 0 radical (unpaired) electrons. The highest BCUT2D eigenvalue weighted by Crippen LogP contribution is 2.11. The predicted molar refractivity (Wildman–Crippen MR) is 77.9 cm³/mol. The Morgan fingerprint density at radius 3 is 2.65 bits per heavy atom. The second kappa shape index (κ2) is 5.49. The van der Waals surface area contributed by atoms with Gasteiger partial charge in [-0.2, -0.15) is 4.98 Å². The molecule has 4 N–H and O–H groups in total. The van der Waals surface area contributed by atoms with Gasteiger partial charge in [-0.3, -0.25) is 13.9 Å². The van der Waals surface area contributed by atoms with Gasteiger partial charge in [0.05, 0.1) is 0 Å². The summed E-state index contributed by atoms with van der Waals surface area (Å²) in [7, 11) is 3.03. The number of aromatic nitrogens is 4. The summed E-state index contributed by atoms with van der Waals surface area (Å²) in [6.07, 6.45) is 1.70. The number of anilines is 1. The first-order chi connectivity index (χ1) is 9.49. The Morgan fingerprint density at radius 2 is 2.05 bits per heavy atom. The molecule has 1 atom stereocenters. The summed E-state index contributed by atoms with van der Waals surface area (Å²) in [6, 6.07) is 0.182. The molecule has 2 rings (SSSR count). The lowest BCUT2D eigenvalue weighted by Crippen LogP contribution is -2.36. The highest BCUT2D eigenvalue weighted by atomic mass is 16.2. The van der Waals surface area contributed by atoms with Gasteiger partial charge in [-0.15, -0.1) is 0 Å². The third-order valence-electron chi connectivity index (χ3n) is 3.44. The molecule has 0 saturated carbocycles. The maximum Gasteiger partial charge on any atom is 0.332 e. The van der Waals surface area contributed by atoms with E-state index < -0.39 is 5.69 Å². The number of aryl methyl sites for hydroxylation is 1. The Labute approximate surface area is 115 Å². The summed E-state index contributed by atoms with van der Waals surface area (Å²) >= 11 is 0. The van der Waals surface area contributed by atoms with Crippen molar-refractivity contribution in [1.29, 1.82) is 0 Å². The first-order valence-corrected chi connectivity index (χ1v) is 6.61. The van der Waals surface area contributed by atoms with Crippen molar-refractivity contribution < 1.29 is 0 Å². The fourth-order valence-corrected chi connectivity index (χ4v) is 2.17. The topological polar surface area (TPSA) is 111 Å². The molecule has 110 valence electrons. The van der Waals surface area contributed by atoms with Crippen molar-refractivity contribution in [2.45, 2.75) is 25.8 Å². The fraction of sp³-hybridized carbons (Fsp3) is 0.583. The van der Waals surface area contributed by atoms with Crippen LogP contribution in [0, 0.1) is 0 Å². The number of imidazole rings is 1. The average Bonchev–Trinajstić information content (AvgIpc) is 2.86. The third kappa shape index (κ3) is 2.34. The molecular formula is C12H20N6O2. The Morgan fingerprint density at radius 1 is 1.35 bits per heavy atom. The standard InChI is InChI=1S/C12H20N6O2/c1-4-7(5-6-13)14-11-15-8-9(16-11)17(2)12(20)18(3)10(8)19/h7H,4-6,13H2,1-3H3,(H2,14,15,16). The van der Waals surface area contributed by atoms with E-state index in [4.69, 9.17) is 5.73 Å². The summed E-state index contributed by atoms with van der Waals surface area (Å²) < 4.78 is 2.41. The number of fused-ring (bicyclic) bond motifs is 1. The molecule has 8 nitrogen and oxygen atoms in total. The van der Waals surface area contributed by atoms with Crippen molar-refractivity contribution in [3.05, 3.63) is 20.8 Å². The van der Waals surface area contributed by atoms with Gasteiger partial charge in [0.25, 0.3) is 5.56 Å². The van der Waals surface area contributed by atoms with Crippen LogP contribution in [0.25, 0.3) is 11.2 Å². The minimum atomic E-state index is -0.394. The molecule has 2 aromatic heterocycles. The average molecular weight is 280 g/mol. The summed E-state index contributed by atoms with van der Waals surface area (Å²) in [6.45, 7) is 2.62. The van der Waals surface area contributed by atoms with Gasteiger partial charge in [0.15, 0.2) is 11.2 Å². The van der Waals surface area contributed by atoms with Gasteiger partial charge in [-0.1, -0.05) is 6.92 Å². The fourth-order valence-electron chi connectivity index (χ4n) is 2.17. The number of hydrogen-bond acceptors (Lipinski definition) is 5. The minimum Gasteiger partial charge on any atom is -0.353 e. The zero-order valence-corrected chi connectivity index (χ0v) is 11.9. The van der Waals surface area contributed by atoms with Crippen LogP contribution in [0.1, 0.15) is 19.8 Å². The van der Waals surface area contributed by atoms with Crippen LogP contribution < -0.4 is 22.3 Å². The molecule has 0 bridgehead atoms. The molecule has 0 amide bonds. The summed E-state index contributed by atoms with van der Waals surface area (Å²) in [5.74, 6) is 0.485. The Bertz CT molecular complexity index is 726. The van der Waals surface area contributed by atoms with Crippen LogP contribution in [0.4, 0.5) is 5.95 Å². The smallest absolute Gasteiger partial charge is 0.332 e. The SMILES string of the molecule is CCC(CCN)Nc1nc2c([nH]1)c(=O)n(C)c(=O)n2C. The van der Waals surface area contributed by atoms with E-state index in [1.165, 1.54) is 11.6 Å². The molecular weight excluding hydrogens is 260 g/mol. The summed E-state index contributed by atoms with van der Waals surface area (Å²) in [5, 5.41) is 3.20. The lowest BCUT2D eigenvalue weighted by molar-refractivity contribution is 0.637. The highest BCUT2D eigenvalue weighted by molar-refractivity contribution is 5.72. The third-order valence-corrected chi connectivity index (χ3v) is 3.44. The van der Waals surface area contributed by atoms with Crippen molar-refractivity contribution in [2.75, 3.05) is 11.9 Å². The van der Waals surface area contributed by atoms with Gasteiger partial charge in [0, 0.05) is 20.1 Å². The molecule has 0 aromatic carbocycles. The van der Waals surface area contributed by atoms with Crippen LogP contribution in [0.2, 0.25) is 0 Å². The number of nitrogens with zero attached hydrogens (tertiary/aromatic N) is 3. The van der Waals surface area contributed by atoms with E-state index in [-0.39, 0.29) is 11.6 Å². The van der Waals surface area contributed by atoms with Gasteiger partial charge in [-0.25, -0.2) is 4.79 Å². The van der Waals surface area contributed by atoms with Crippen molar-refractivity contribution in [2.24, 2.45) is 19.8 Å². The van der Waals surface area contributed by atoms with Crippen LogP contribution in [-0.4, -0.2) is 31.7 Å². The predicted octanol–water partition coefficient (Wildman–Crippen LogP) is -0.500. The van der Waals surface area contributed by atoms with E-state index in [2.05, 4.69) is 15.3 Å². The number of nitrogens with one attached hydrogen (secondary N) is 2. The van der Waals surface area contributed by atoms with Gasteiger partial charge in [-0.05, 0) is 19.4 Å². The monoisotopic (exact) mass is 280 g/mol. The first-order valence-electron chi connectivity index (χ1n) is 6.61. The molecule has 0 aliphatic rings. The van der Waals surface area contributed by atoms with Gasteiger partial charge in [0.1, 0.15) is 0 Å².